The van der Waals surface area contributed by atoms with E-state index in [-0.39, 0.29) is 5.91 Å². The summed E-state index contributed by atoms with van der Waals surface area (Å²) in [6, 6.07) is 10.2. The summed E-state index contributed by atoms with van der Waals surface area (Å²) in [5.74, 6) is 0.624. The SMILES string of the molecule is O=C(c1nccn1Cc1ccccc1)N1CCCCCC1. The number of nitrogens with zero attached hydrogens (tertiary/aromatic N) is 3. The first-order valence-corrected chi connectivity index (χ1v) is 7.69. The van der Waals surface area contributed by atoms with Gasteiger partial charge in [0.2, 0.25) is 0 Å². The Labute approximate surface area is 125 Å². The van der Waals surface area contributed by atoms with E-state index in [1.54, 1.807) is 6.20 Å². The van der Waals surface area contributed by atoms with Gasteiger partial charge in [0.1, 0.15) is 0 Å². The predicted octanol–water partition coefficient (Wildman–Crippen LogP) is 2.95. The van der Waals surface area contributed by atoms with Crippen molar-refractivity contribution in [2.45, 2.75) is 32.2 Å². The number of carbonyl (C=O) groups excluding carboxylic acids is 1. The van der Waals surface area contributed by atoms with Crippen molar-refractivity contribution in [2.24, 2.45) is 0 Å². The third-order valence-electron chi connectivity index (χ3n) is 4.00. The molecule has 0 unspecified atom stereocenters. The van der Waals surface area contributed by atoms with E-state index in [1.165, 1.54) is 18.4 Å². The summed E-state index contributed by atoms with van der Waals surface area (Å²) in [5.41, 5.74) is 1.18. The number of likely N-dealkylation sites (tertiary alicyclic amines) is 1. The molecule has 1 amide bonds. The van der Waals surface area contributed by atoms with Crippen LogP contribution in [0, 0.1) is 0 Å². The van der Waals surface area contributed by atoms with Crippen LogP contribution in [0.25, 0.3) is 0 Å². The normalized spacial score (nSPS) is 15.7. The molecular weight excluding hydrogens is 262 g/mol. The number of hydrogen-bond donors (Lipinski definition) is 0. The van der Waals surface area contributed by atoms with E-state index in [4.69, 9.17) is 0 Å². The zero-order chi connectivity index (χ0) is 14.5. The highest BCUT2D eigenvalue weighted by Gasteiger charge is 2.21. The average molecular weight is 283 g/mol. The Morgan fingerprint density at radius 3 is 2.48 bits per heavy atom. The van der Waals surface area contributed by atoms with Crippen LogP contribution >= 0.6 is 0 Å². The molecule has 0 N–H and O–H groups in total. The molecule has 0 radical (unpaired) electrons. The second-order valence-corrected chi connectivity index (χ2v) is 5.57. The van der Waals surface area contributed by atoms with E-state index in [0.717, 1.165) is 25.9 Å². The molecule has 3 rings (SSSR count). The Kier molecular flexibility index (Phi) is 4.34. The highest BCUT2D eigenvalue weighted by atomic mass is 16.2. The van der Waals surface area contributed by atoms with Crippen LogP contribution in [-0.2, 0) is 6.54 Å². The van der Waals surface area contributed by atoms with Crippen LogP contribution in [0.3, 0.4) is 0 Å². The number of amides is 1. The first kappa shape index (κ1) is 13.9. The first-order valence-electron chi connectivity index (χ1n) is 7.69. The van der Waals surface area contributed by atoms with E-state index < -0.39 is 0 Å². The summed E-state index contributed by atoms with van der Waals surface area (Å²) in [4.78, 5) is 18.9. The van der Waals surface area contributed by atoms with Crippen molar-refractivity contribution in [1.29, 1.82) is 0 Å². The summed E-state index contributed by atoms with van der Waals surface area (Å²) in [7, 11) is 0. The zero-order valence-electron chi connectivity index (χ0n) is 12.2. The van der Waals surface area contributed by atoms with Crippen molar-refractivity contribution in [3.8, 4) is 0 Å². The fourth-order valence-corrected chi connectivity index (χ4v) is 2.83. The van der Waals surface area contributed by atoms with E-state index >= 15 is 0 Å². The number of aromatic nitrogens is 2. The molecule has 1 aromatic heterocycles. The average Bonchev–Trinajstić information content (AvgIpc) is 2.80. The topological polar surface area (TPSA) is 38.1 Å². The van der Waals surface area contributed by atoms with Gasteiger partial charge in [-0.25, -0.2) is 4.98 Å². The Bertz CT molecular complexity index is 583. The van der Waals surface area contributed by atoms with Gasteiger partial charge in [-0.15, -0.1) is 0 Å². The van der Waals surface area contributed by atoms with Crippen LogP contribution in [0.4, 0.5) is 0 Å². The van der Waals surface area contributed by atoms with Crippen LogP contribution in [0.5, 0.6) is 0 Å². The molecule has 4 heteroatoms. The van der Waals surface area contributed by atoms with Crippen molar-refractivity contribution < 1.29 is 4.79 Å². The largest absolute Gasteiger partial charge is 0.336 e. The van der Waals surface area contributed by atoms with Gasteiger partial charge in [0.05, 0.1) is 0 Å². The molecule has 0 atom stereocenters. The number of benzene rings is 1. The molecule has 2 aromatic rings. The molecule has 2 heterocycles. The van der Waals surface area contributed by atoms with Crippen LogP contribution in [0.15, 0.2) is 42.7 Å². The lowest BCUT2D eigenvalue weighted by Gasteiger charge is -2.20. The van der Waals surface area contributed by atoms with Crippen LogP contribution in [0.2, 0.25) is 0 Å². The number of rotatable bonds is 3. The van der Waals surface area contributed by atoms with Gasteiger partial charge in [-0.1, -0.05) is 43.2 Å². The van der Waals surface area contributed by atoms with Crippen molar-refractivity contribution in [1.82, 2.24) is 14.5 Å². The maximum atomic E-state index is 12.7. The number of carbonyl (C=O) groups is 1. The molecule has 0 spiro atoms. The minimum atomic E-state index is 0.0674. The lowest BCUT2D eigenvalue weighted by atomic mass is 10.2. The molecular formula is C17H21N3O. The summed E-state index contributed by atoms with van der Waals surface area (Å²) < 4.78 is 1.95. The van der Waals surface area contributed by atoms with Crippen molar-refractivity contribution in [3.63, 3.8) is 0 Å². The fourth-order valence-electron chi connectivity index (χ4n) is 2.83. The molecule has 0 saturated carbocycles. The van der Waals surface area contributed by atoms with E-state index in [0.29, 0.717) is 12.4 Å². The molecule has 1 aliphatic rings. The van der Waals surface area contributed by atoms with E-state index in [2.05, 4.69) is 17.1 Å². The standard InChI is InChI=1S/C17H21N3O/c21-17(19-11-6-1-2-7-12-19)16-18-10-13-20(16)14-15-8-4-3-5-9-15/h3-5,8-10,13H,1-2,6-7,11-12,14H2. The van der Waals surface area contributed by atoms with Crippen molar-refractivity contribution in [2.75, 3.05) is 13.1 Å². The lowest BCUT2D eigenvalue weighted by molar-refractivity contribution is 0.0745. The molecule has 1 aliphatic heterocycles. The summed E-state index contributed by atoms with van der Waals surface area (Å²) in [6.45, 7) is 2.41. The fraction of sp³-hybridized carbons (Fsp3) is 0.412. The third-order valence-corrected chi connectivity index (χ3v) is 4.00. The molecule has 1 saturated heterocycles. The quantitative estimate of drug-likeness (QED) is 0.868. The monoisotopic (exact) mass is 283 g/mol. The Morgan fingerprint density at radius 2 is 1.76 bits per heavy atom. The van der Waals surface area contributed by atoms with Gasteiger partial charge in [0, 0.05) is 32.0 Å². The first-order chi connectivity index (χ1) is 10.3. The number of imidazole rings is 1. The van der Waals surface area contributed by atoms with E-state index in [9.17, 15) is 4.79 Å². The Morgan fingerprint density at radius 1 is 1.05 bits per heavy atom. The van der Waals surface area contributed by atoms with Gasteiger partial charge < -0.3 is 9.47 Å². The molecule has 4 nitrogen and oxygen atoms in total. The molecule has 21 heavy (non-hydrogen) atoms. The van der Waals surface area contributed by atoms with Gasteiger partial charge in [-0.05, 0) is 18.4 Å². The number of hydrogen-bond acceptors (Lipinski definition) is 2. The van der Waals surface area contributed by atoms with Gasteiger partial charge in [0.15, 0.2) is 5.82 Å². The summed E-state index contributed by atoms with van der Waals surface area (Å²) in [5, 5.41) is 0. The predicted molar refractivity (Wildman–Crippen MR) is 82.1 cm³/mol. The van der Waals surface area contributed by atoms with Gasteiger partial charge in [-0.2, -0.15) is 0 Å². The van der Waals surface area contributed by atoms with Gasteiger partial charge in [0.25, 0.3) is 5.91 Å². The second-order valence-electron chi connectivity index (χ2n) is 5.57. The maximum Gasteiger partial charge on any atom is 0.289 e. The van der Waals surface area contributed by atoms with Crippen molar-refractivity contribution in [3.05, 3.63) is 54.1 Å². The molecule has 110 valence electrons. The zero-order valence-corrected chi connectivity index (χ0v) is 12.2. The Hall–Kier alpha value is -2.10. The summed E-state index contributed by atoms with van der Waals surface area (Å²) in [6.07, 6.45) is 8.26. The van der Waals surface area contributed by atoms with Crippen LogP contribution in [-0.4, -0.2) is 33.4 Å². The highest BCUT2D eigenvalue weighted by molar-refractivity contribution is 5.90. The second kappa shape index (κ2) is 6.57. The molecule has 0 bridgehead atoms. The third kappa shape index (κ3) is 3.32. The van der Waals surface area contributed by atoms with Crippen LogP contribution in [0.1, 0.15) is 41.9 Å². The lowest BCUT2D eigenvalue weighted by Crippen LogP contribution is -2.33. The smallest absolute Gasteiger partial charge is 0.289 e. The minimum Gasteiger partial charge on any atom is -0.336 e. The van der Waals surface area contributed by atoms with Gasteiger partial charge >= 0.3 is 0 Å². The molecule has 1 fully saturated rings. The molecule has 1 aromatic carbocycles. The van der Waals surface area contributed by atoms with Crippen LogP contribution < -0.4 is 0 Å². The highest BCUT2D eigenvalue weighted by Crippen LogP contribution is 2.13. The van der Waals surface area contributed by atoms with E-state index in [1.807, 2.05) is 33.9 Å². The minimum absolute atomic E-state index is 0.0674. The van der Waals surface area contributed by atoms with Gasteiger partial charge in [-0.3, -0.25) is 4.79 Å². The molecule has 0 aliphatic carbocycles. The Balaban J connectivity index is 1.76. The van der Waals surface area contributed by atoms with Crippen molar-refractivity contribution >= 4 is 5.91 Å². The summed E-state index contributed by atoms with van der Waals surface area (Å²) >= 11 is 0. The maximum absolute atomic E-state index is 12.7.